The van der Waals surface area contributed by atoms with E-state index in [-0.39, 0.29) is 5.91 Å². The highest BCUT2D eigenvalue weighted by Crippen LogP contribution is 2.07. The van der Waals surface area contributed by atoms with E-state index in [1.165, 1.54) is 11.8 Å². The standard InChI is InChI=1S/C5H6N2O3S/c8-3-2-11-5(7-3)6-1-4(9)10/h1-2H2,(H,9,10)(H,6,7,8)/p-1. The highest BCUT2D eigenvalue weighted by Gasteiger charge is 2.15. The molecule has 0 bridgehead atoms. The van der Waals surface area contributed by atoms with Crippen LogP contribution in [0.5, 0.6) is 0 Å². The first-order valence-electron chi connectivity index (χ1n) is 2.85. The van der Waals surface area contributed by atoms with Gasteiger partial charge in [-0.15, -0.1) is 0 Å². The number of rotatable bonds is 2. The van der Waals surface area contributed by atoms with Gasteiger partial charge in [0.15, 0.2) is 5.17 Å². The van der Waals surface area contributed by atoms with Gasteiger partial charge in [0.25, 0.3) is 0 Å². The molecule has 1 fully saturated rings. The number of aliphatic carboxylic acids is 1. The smallest absolute Gasteiger partial charge is 0.236 e. The van der Waals surface area contributed by atoms with Crippen molar-refractivity contribution in [3.8, 4) is 0 Å². The summed E-state index contributed by atoms with van der Waals surface area (Å²) in [5, 5.41) is 12.6. The summed E-state index contributed by atoms with van der Waals surface area (Å²) in [6.07, 6.45) is 0. The van der Waals surface area contributed by atoms with Gasteiger partial charge in [-0.3, -0.25) is 9.79 Å². The number of amides is 1. The van der Waals surface area contributed by atoms with Gasteiger partial charge in [0.2, 0.25) is 5.91 Å². The number of nitrogens with zero attached hydrogens (tertiary/aromatic N) is 1. The Kier molecular flexibility index (Phi) is 2.48. The van der Waals surface area contributed by atoms with Crippen molar-refractivity contribution in [2.45, 2.75) is 0 Å². The molecule has 0 aromatic heterocycles. The summed E-state index contributed by atoms with van der Waals surface area (Å²) in [6.45, 7) is -0.400. The number of hydrogen-bond acceptors (Lipinski definition) is 5. The quantitative estimate of drug-likeness (QED) is 0.521. The molecule has 60 valence electrons. The van der Waals surface area contributed by atoms with Gasteiger partial charge in [0, 0.05) is 0 Å². The zero-order valence-electron chi connectivity index (χ0n) is 5.49. The molecule has 0 spiro atoms. The van der Waals surface area contributed by atoms with Crippen LogP contribution in [-0.2, 0) is 9.59 Å². The van der Waals surface area contributed by atoms with Crippen LogP contribution in [0.15, 0.2) is 4.99 Å². The first kappa shape index (κ1) is 8.06. The molecule has 1 heterocycles. The largest absolute Gasteiger partial charge is 0.548 e. The molecule has 0 atom stereocenters. The summed E-state index contributed by atoms with van der Waals surface area (Å²) in [7, 11) is 0. The highest BCUT2D eigenvalue weighted by molar-refractivity contribution is 8.15. The van der Waals surface area contributed by atoms with Gasteiger partial charge in [-0.2, -0.15) is 0 Å². The maximum atomic E-state index is 10.5. The molecular weight excluding hydrogens is 168 g/mol. The summed E-state index contributed by atoms with van der Waals surface area (Å²) in [6, 6.07) is 0. The van der Waals surface area contributed by atoms with Gasteiger partial charge >= 0.3 is 0 Å². The summed E-state index contributed by atoms with van der Waals surface area (Å²) < 4.78 is 0. The van der Waals surface area contributed by atoms with E-state index in [2.05, 4.69) is 10.3 Å². The Bertz CT molecular complexity index is 226. The van der Waals surface area contributed by atoms with Gasteiger partial charge in [-0.1, -0.05) is 11.8 Å². The van der Waals surface area contributed by atoms with Crippen LogP contribution in [0.4, 0.5) is 0 Å². The molecule has 1 rings (SSSR count). The van der Waals surface area contributed by atoms with E-state index < -0.39 is 12.5 Å². The summed E-state index contributed by atoms with van der Waals surface area (Å²) in [5.74, 6) is -1.09. The second-order valence-corrected chi connectivity index (χ2v) is 2.79. The fourth-order valence-electron chi connectivity index (χ4n) is 0.547. The first-order chi connectivity index (χ1) is 5.18. The number of aliphatic imine (C=N–C) groups is 1. The van der Waals surface area contributed by atoms with Crippen LogP contribution >= 0.6 is 11.8 Å². The molecule has 0 unspecified atom stereocenters. The van der Waals surface area contributed by atoms with Gasteiger partial charge in [0.05, 0.1) is 18.3 Å². The number of nitrogens with one attached hydrogen (secondary N) is 1. The molecule has 1 N–H and O–H groups in total. The molecular formula is C5H5N2O3S-. The normalized spacial score (nSPS) is 20.4. The molecule has 0 aromatic rings. The monoisotopic (exact) mass is 173 g/mol. The van der Waals surface area contributed by atoms with Crippen molar-refractivity contribution in [2.75, 3.05) is 12.3 Å². The fraction of sp³-hybridized carbons (Fsp3) is 0.400. The Hall–Kier alpha value is -1.04. The number of hydrogen-bond donors (Lipinski definition) is 1. The third-order valence-corrected chi connectivity index (χ3v) is 1.85. The van der Waals surface area contributed by atoms with Crippen molar-refractivity contribution >= 4 is 28.8 Å². The highest BCUT2D eigenvalue weighted by atomic mass is 32.2. The lowest BCUT2D eigenvalue weighted by Crippen LogP contribution is -2.27. The van der Waals surface area contributed by atoms with E-state index in [0.717, 1.165) is 0 Å². The molecule has 0 aromatic carbocycles. The zero-order valence-corrected chi connectivity index (χ0v) is 6.31. The SMILES string of the molecule is O=C([O-])CN=C1NC(=O)CS1. The van der Waals surface area contributed by atoms with Crippen LogP contribution in [0.25, 0.3) is 0 Å². The minimum atomic E-state index is -1.25. The minimum absolute atomic E-state index is 0.146. The van der Waals surface area contributed by atoms with E-state index in [1.54, 1.807) is 0 Å². The molecule has 5 nitrogen and oxygen atoms in total. The van der Waals surface area contributed by atoms with E-state index in [9.17, 15) is 14.7 Å². The Morgan fingerprint density at radius 1 is 1.82 bits per heavy atom. The van der Waals surface area contributed by atoms with Crippen LogP contribution in [0.2, 0.25) is 0 Å². The van der Waals surface area contributed by atoms with E-state index in [1.807, 2.05) is 0 Å². The topological polar surface area (TPSA) is 81.6 Å². The van der Waals surface area contributed by atoms with Gasteiger partial charge in [-0.25, -0.2) is 0 Å². The van der Waals surface area contributed by atoms with E-state index in [4.69, 9.17) is 0 Å². The number of carbonyl (C=O) groups is 2. The molecule has 1 saturated heterocycles. The third kappa shape index (κ3) is 2.58. The lowest BCUT2D eigenvalue weighted by Gasteiger charge is -1.96. The van der Waals surface area contributed by atoms with Crippen molar-refractivity contribution < 1.29 is 14.7 Å². The Labute approximate surface area is 66.9 Å². The predicted molar refractivity (Wildman–Crippen MR) is 37.9 cm³/mol. The predicted octanol–water partition coefficient (Wildman–Crippen LogP) is -2.04. The average molecular weight is 173 g/mol. The van der Waals surface area contributed by atoms with Crippen LogP contribution < -0.4 is 10.4 Å². The summed E-state index contributed by atoms with van der Waals surface area (Å²) >= 11 is 1.19. The summed E-state index contributed by atoms with van der Waals surface area (Å²) in [5.41, 5.74) is 0. The number of thioether (sulfide) groups is 1. The molecule has 0 saturated carbocycles. The molecule has 1 aliphatic heterocycles. The first-order valence-corrected chi connectivity index (χ1v) is 3.84. The molecule has 6 heteroatoms. The van der Waals surface area contributed by atoms with E-state index in [0.29, 0.717) is 10.9 Å². The van der Waals surface area contributed by atoms with Gasteiger partial charge in [0.1, 0.15) is 0 Å². The molecule has 0 radical (unpaired) electrons. The van der Waals surface area contributed by atoms with Crippen molar-refractivity contribution in [1.29, 1.82) is 0 Å². The second-order valence-electron chi connectivity index (χ2n) is 1.83. The minimum Gasteiger partial charge on any atom is -0.548 e. The van der Waals surface area contributed by atoms with Crippen LogP contribution in [0, 0.1) is 0 Å². The molecule has 1 amide bonds. The zero-order chi connectivity index (χ0) is 8.27. The van der Waals surface area contributed by atoms with Crippen molar-refractivity contribution in [2.24, 2.45) is 4.99 Å². The Morgan fingerprint density at radius 2 is 2.55 bits per heavy atom. The molecule has 11 heavy (non-hydrogen) atoms. The average Bonchev–Trinajstić information content (AvgIpc) is 2.31. The van der Waals surface area contributed by atoms with Crippen LogP contribution in [0.3, 0.4) is 0 Å². The summed E-state index contributed by atoms with van der Waals surface area (Å²) in [4.78, 5) is 24.0. The Balaban J connectivity index is 2.42. The van der Waals surface area contributed by atoms with Crippen LogP contribution in [-0.4, -0.2) is 29.3 Å². The molecule has 1 aliphatic rings. The van der Waals surface area contributed by atoms with Crippen molar-refractivity contribution in [1.82, 2.24) is 5.32 Å². The lowest BCUT2D eigenvalue weighted by atomic mass is 10.7. The maximum Gasteiger partial charge on any atom is 0.236 e. The van der Waals surface area contributed by atoms with Crippen molar-refractivity contribution in [3.63, 3.8) is 0 Å². The van der Waals surface area contributed by atoms with Crippen molar-refractivity contribution in [3.05, 3.63) is 0 Å². The number of carbonyl (C=O) groups excluding carboxylic acids is 2. The lowest BCUT2D eigenvalue weighted by molar-refractivity contribution is -0.303. The maximum absolute atomic E-state index is 10.5. The van der Waals surface area contributed by atoms with E-state index >= 15 is 0 Å². The number of amidine groups is 1. The number of carboxylic acids is 1. The second kappa shape index (κ2) is 3.38. The Morgan fingerprint density at radius 3 is 3.00 bits per heavy atom. The van der Waals surface area contributed by atoms with Gasteiger partial charge < -0.3 is 15.2 Å². The van der Waals surface area contributed by atoms with Gasteiger partial charge in [-0.05, 0) is 0 Å². The third-order valence-electron chi connectivity index (χ3n) is 0.938. The molecule has 0 aliphatic carbocycles. The van der Waals surface area contributed by atoms with Crippen LogP contribution in [0.1, 0.15) is 0 Å². The fourth-order valence-corrected chi connectivity index (χ4v) is 1.23. The number of carboxylic acid groups (broad SMARTS) is 1.